The molecule has 0 saturated carbocycles. The van der Waals surface area contributed by atoms with Crippen LogP contribution in [0.5, 0.6) is 5.75 Å². The van der Waals surface area contributed by atoms with Crippen LogP contribution < -0.4 is 15.8 Å². The minimum atomic E-state index is -0.0983. The monoisotopic (exact) mass is 278 g/mol. The highest BCUT2D eigenvalue weighted by atomic mass is 16.5. The molecule has 1 fully saturated rings. The first kappa shape index (κ1) is 14.7. The first-order chi connectivity index (χ1) is 9.60. The molecule has 3 N–H and O–H groups in total. The van der Waals surface area contributed by atoms with Crippen LogP contribution >= 0.6 is 0 Å². The molecule has 1 saturated heterocycles. The Hall–Kier alpha value is -1.75. The third-order valence-electron chi connectivity index (χ3n) is 3.39. The Morgan fingerprint density at radius 3 is 3.00 bits per heavy atom. The highest BCUT2D eigenvalue weighted by Crippen LogP contribution is 2.23. The van der Waals surface area contributed by atoms with E-state index in [0.717, 1.165) is 12.8 Å². The summed E-state index contributed by atoms with van der Waals surface area (Å²) >= 11 is 0. The number of ether oxygens (including phenoxy) is 2. The Balaban J connectivity index is 2.00. The van der Waals surface area contributed by atoms with Crippen LogP contribution in [0.25, 0.3) is 0 Å². The standard InChI is InChI=1S/C15H22N2O3/c1-3-19-14-5-4-11(9-13(14)16)15(18)17-12-6-7-20-10(2)8-12/h4-5,9-10,12H,3,6-8,16H2,1-2H3,(H,17,18). The smallest absolute Gasteiger partial charge is 0.251 e. The van der Waals surface area contributed by atoms with E-state index in [1.54, 1.807) is 18.2 Å². The molecule has 1 heterocycles. The van der Waals surface area contributed by atoms with Crippen LogP contribution in [0.2, 0.25) is 0 Å². The van der Waals surface area contributed by atoms with Crippen molar-refractivity contribution in [3.05, 3.63) is 23.8 Å². The van der Waals surface area contributed by atoms with Gasteiger partial charge in [-0.05, 0) is 44.9 Å². The average molecular weight is 278 g/mol. The second kappa shape index (κ2) is 6.61. The Bertz CT molecular complexity index is 476. The van der Waals surface area contributed by atoms with Crippen LogP contribution in [-0.2, 0) is 4.74 Å². The van der Waals surface area contributed by atoms with E-state index in [0.29, 0.717) is 30.2 Å². The van der Waals surface area contributed by atoms with E-state index in [1.165, 1.54) is 0 Å². The van der Waals surface area contributed by atoms with Crippen LogP contribution in [0.1, 0.15) is 37.0 Å². The number of rotatable bonds is 4. The molecule has 2 rings (SSSR count). The van der Waals surface area contributed by atoms with Gasteiger partial charge >= 0.3 is 0 Å². The number of carbonyl (C=O) groups is 1. The van der Waals surface area contributed by atoms with Gasteiger partial charge in [0.25, 0.3) is 5.91 Å². The van der Waals surface area contributed by atoms with Crippen molar-refractivity contribution in [2.75, 3.05) is 18.9 Å². The minimum Gasteiger partial charge on any atom is -0.492 e. The molecule has 1 aliphatic rings. The summed E-state index contributed by atoms with van der Waals surface area (Å²) < 4.78 is 10.8. The van der Waals surface area contributed by atoms with E-state index in [4.69, 9.17) is 15.2 Å². The van der Waals surface area contributed by atoms with Crippen molar-refractivity contribution in [1.29, 1.82) is 0 Å². The molecule has 2 unspecified atom stereocenters. The summed E-state index contributed by atoms with van der Waals surface area (Å²) in [6.45, 7) is 5.16. The van der Waals surface area contributed by atoms with Gasteiger partial charge in [0, 0.05) is 18.2 Å². The predicted octanol–water partition coefficient (Wildman–Crippen LogP) is 1.96. The number of carbonyl (C=O) groups excluding carboxylic acids is 1. The van der Waals surface area contributed by atoms with Gasteiger partial charge in [-0.15, -0.1) is 0 Å². The quantitative estimate of drug-likeness (QED) is 0.826. The largest absolute Gasteiger partial charge is 0.492 e. The third kappa shape index (κ3) is 3.63. The molecule has 0 radical (unpaired) electrons. The summed E-state index contributed by atoms with van der Waals surface area (Å²) in [6.07, 6.45) is 1.89. The second-order valence-corrected chi connectivity index (χ2v) is 5.06. The van der Waals surface area contributed by atoms with Crippen LogP contribution in [-0.4, -0.2) is 31.3 Å². The number of anilines is 1. The van der Waals surface area contributed by atoms with Crippen molar-refractivity contribution in [3.8, 4) is 5.75 Å². The van der Waals surface area contributed by atoms with Crippen LogP contribution in [0.3, 0.4) is 0 Å². The zero-order valence-electron chi connectivity index (χ0n) is 12.0. The maximum absolute atomic E-state index is 12.2. The van der Waals surface area contributed by atoms with Gasteiger partial charge in [0.1, 0.15) is 5.75 Å². The van der Waals surface area contributed by atoms with Crippen molar-refractivity contribution in [3.63, 3.8) is 0 Å². The molecule has 0 aliphatic carbocycles. The van der Waals surface area contributed by atoms with Gasteiger partial charge in [-0.2, -0.15) is 0 Å². The number of amides is 1. The summed E-state index contributed by atoms with van der Waals surface area (Å²) in [7, 11) is 0. The highest BCUT2D eigenvalue weighted by Gasteiger charge is 2.21. The van der Waals surface area contributed by atoms with Crippen molar-refractivity contribution in [2.24, 2.45) is 0 Å². The molecule has 1 aromatic carbocycles. The molecule has 0 aromatic heterocycles. The number of nitrogens with one attached hydrogen (secondary N) is 1. The number of hydrogen-bond donors (Lipinski definition) is 2. The maximum Gasteiger partial charge on any atom is 0.251 e. The van der Waals surface area contributed by atoms with E-state index >= 15 is 0 Å². The molecule has 5 heteroatoms. The van der Waals surface area contributed by atoms with Crippen molar-refractivity contribution in [2.45, 2.75) is 38.8 Å². The summed E-state index contributed by atoms with van der Waals surface area (Å²) in [6, 6.07) is 5.29. The number of nitrogens with two attached hydrogens (primary N) is 1. The van der Waals surface area contributed by atoms with Crippen molar-refractivity contribution >= 4 is 11.6 Å². The molecule has 0 spiro atoms. The number of hydrogen-bond acceptors (Lipinski definition) is 4. The van der Waals surface area contributed by atoms with E-state index in [9.17, 15) is 4.79 Å². The van der Waals surface area contributed by atoms with Gasteiger partial charge in [0.15, 0.2) is 0 Å². The molecule has 1 aliphatic heterocycles. The molecule has 1 aromatic rings. The number of benzene rings is 1. The summed E-state index contributed by atoms with van der Waals surface area (Å²) in [5, 5.41) is 3.03. The van der Waals surface area contributed by atoms with E-state index in [2.05, 4.69) is 5.32 Å². The van der Waals surface area contributed by atoms with E-state index < -0.39 is 0 Å². The maximum atomic E-state index is 12.2. The van der Waals surface area contributed by atoms with Gasteiger partial charge < -0.3 is 20.5 Å². The topological polar surface area (TPSA) is 73.6 Å². The van der Waals surface area contributed by atoms with Crippen LogP contribution in [0.15, 0.2) is 18.2 Å². The Morgan fingerprint density at radius 2 is 2.35 bits per heavy atom. The summed E-state index contributed by atoms with van der Waals surface area (Å²) in [5.41, 5.74) is 6.92. The van der Waals surface area contributed by atoms with Gasteiger partial charge in [0.2, 0.25) is 0 Å². The van der Waals surface area contributed by atoms with Gasteiger partial charge in [-0.25, -0.2) is 0 Å². The first-order valence-electron chi connectivity index (χ1n) is 7.05. The molecule has 0 bridgehead atoms. The fourth-order valence-electron chi connectivity index (χ4n) is 2.37. The zero-order valence-corrected chi connectivity index (χ0v) is 12.0. The lowest BCUT2D eigenvalue weighted by Gasteiger charge is -2.28. The molecular formula is C15H22N2O3. The summed E-state index contributed by atoms with van der Waals surface area (Å²) in [5.74, 6) is 0.516. The Labute approximate surface area is 119 Å². The number of nitrogen functional groups attached to an aromatic ring is 1. The van der Waals surface area contributed by atoms with Gasteiger partial charge in [0.05, 0.1) is 18.4 Å². The lowest BCUT2D eigenvalue weighted by atomic mass is 10.0. The normalized spacial score (nSPS) is 22.3. The summed E-state index contributed by atoms with van der Waals surface area (Å²) in [4.78, 5) is 12.2. The molecule has 20 heavy (non-hydrogen) atoms. The third-order valence-corrected chi connectivity index (χ3v) is 3.39. The minimum absolute atomic E-state index is 0.0983. The van der Waals surface area contributed by atoms with Crippen molar-refractivity contribution in [1.82, 2.24) is 5.32 Å². The molecule has 2 atom stereocenters. The SMILES string of the molecule is CCOc1ccc(C(=O)NC2CCOC(C)C2)cc1N. The highest BCUT2D eigenvalue weighted by molar-refractivity contribution is 5.95. The van der Waals surface area contributed by atoms with E-state index in [-0.39, 0.29) is 18.1 Å². The first-order valence-corrected chi connectivity index (χ1v) is 7.05. The fourth-order valence-corrected chi connectivity index (χ4v) is 2.37. The second-order valence-electron chi connectivity index (χ2n) is 5.06. The van der Waals surface area contributed by atoms with Gasteiger partial charge in [-0.3, -0.25) is 4.79 Å². The predicted molar refractivity (Wildman–Crippen MR) is 77.9 cm³/mol. The fraction of sp³-hybridized carbons (Fsp3) is 0.533. The zero-order chi connectivity index (χ0) is 14.5. The lowest BCUT2D eigenvalue weighted by Crippen LogP contribution is -2.41. The molecule has 110 valence electrons. The van der Waals surface area contributed by atoms with E-state index in [1.807, 2.05) is 13.8 Å². The average Bonchev–Trinajstić information content (AvgIpc) is 2.41. The van der Waals surface area contributed by atoms with Crippen LogP contribution in [0.4, 0.5) is 5.69 Å². The van der Waals surface area contributed by atoms with Crippen molar-refractivity contribution < 1.29 is 14.3 Å². The Morgan fingerprint density at radius 1 is 1.55 bits per heavy atom. The lowest BCUT2D eigenvalue weighted by molar-refractivity contribution is 0.0136. The molecule has 1 amide bonds. The molecule has 5 nitrogen and oxygen atoms in total. The van der Waals surface area contributed by atoms with Gasteiger partial charge in [-0.1, -0.05) is 0 Å². The Kier molecular flexibility index (Phi) is 4.84. The van der Waals surface area contributed by atoms with Crippen LogP contribution in [0, 0.1) is 0 Å². The molecular weight excluding hydrogens is 256 g/mol.